The van der Waals surface area contributed by atoms with E-state index in [2.05, 4.69) is 20.5 Å². The van der Waals surface area contributed by atoms with Gasteiger partial charge in [-0.15, -0.1) is 0 Å². The van der Waals surface area contributed by atoms with E-state index in [9.17, 15) is 17.8 Å². The molecule has 0 amide bonds. The largest absolute Gasteiger partial charge is 0.469 e. The van der Waals surface area contributed by atoms with E-state index in [-0.39, 0.29) is 11.2 Å². The fourth-order valence-corrected chi connectivity index (χ4v) is 3.20. The predicted molar refractivity (Wildman–Crippen MR) is 72.3 cm³/mol. The molecule has 0 bridgehead atoms. The first kappa shape index (κ1) is 17.4. The highest BCUT2D eigenvalue weighted by molar-refractivity contribution is 9.10. The molecule has 0 unspecified atom stereocenters. The molecule has 0 radical (unpaired) electrons. The Kier molecular flexibility index (Phi) is 5.25. The number of aldehydes is 1. The van der Waals surface area contributed by atoms with Crippen LogP contribution in [-0.4, -0.2) is 36.0 Å². The van der Waals surface area contributed by atoms with Gasteiger partial charge in [-0.1, -0.05) is 15.9 Å². The predicted octanol–water partition coefficient (Wildman–Crippen LogP) is 0.186. The molecule has 11 heteroatoms. The molecule has 0 aliphatic heterocycles. The SMILES string of the molecule is N[C@](C=O)(COP(=O)(O)O)S(=O)(=O)c1ccc(Br)cc1. The molecule has 0 saturated carbocycles. The first-order valence-electron chi connectivity index (χ1n) is 4.97. The Morgan fingerprint density at radius 1 is 1.35 bits per heavy atom. The second-order valence-electron chi connectivity index (χ2n) is 3.79. The number of carbonyl (C=O) groups excluding carboxylic acids is 1. The van der Waals surface area contributed by atoms with E-state index < -0.39 is 29.1 Å². The molecule has 1 aromatic carbocycles. The molecule has 0 aliphatic rings. The molecule has 0 saturated heterocycles. The lowest BCUT2D eigenvalue weighted by atomic mass is 10.4. The van der Waals surface area contributed by atoms with Gasteiger partial charge < -0.3 is 20.3 Å². The molecule has 0 spiro atoms. The van der Waals surface area contributed by atoms with E-state index in [1.807, 2.05) is 0 Å². The number of rotatable bonds is 6. The van der Waals surface area contributed by atoms with Gasteiger partial charge in [0.2, 0.25) is 14.7 Å². The topological polar surface area (TPSA) is 144 Å². The Hall–Kier alpha value is -0.610. The van der Waals surface area contributed by atoms with E-state index in [0.29, 0.717) is 4.47 Å². The van der Waals surface area contributed by atoms with Crippen molar-refractivity contribution in [2.24, 2.45) is 5.73 Å². The van der Waals surface area contributed by atoms with Gasteiger partial charge in [-0.25, -0.2) is 13.0 Å². The Morgan fingerprint density at radius 2 is 1.85 bits per heavy atom. The average Bonchev–Trinajstić information content (AvgIpc) is 2.35. The summed E-state index contributed by atoms with van der Waals surface area (Å²) in [6, 6.07) is 5.23. The fourth-order valence-electron chi connectivity index (χ4n) is 1.19. The zero-order valence-electron chi connectivity index (χ0n) is 9.84. The normalized spacial score (nSPS) is 15.6. The standard InChI is InChI=1S/C9H11BrNO7PS/c10-7-1-3-8(4-2-7)20(16,17)9(11,5-12)6-18-19(13,14)15/h1-5H,6,11H2,(H2,13,14,15)/t9-/m0/s1. The quantitative estimate of drug-likeness (QED) is 0.463. The summed E-state index contributed by atoms with van der Waals surface area (Å²) in [6.07, 6.45) is -0.125. The summed E-state index contributed by atoms with van der Waals surface area (Å²) in [6.45, 7) is -1.17. The lowest BCUT2D eigenvalue weighted by molar-refractivity contribution is -0.110. The van der Waals surface area contributed by atoms with Crippen LogP contribution in [0.3, 0.4) is 0 Å². The van der Waals surface area contributed by atoms with E-state index in [0.717, 1.165) is 0 Å². The maximum atomic E-state index is 12.2. The van der Waals surface area contributed by atoms with Crippen LogP contribution in [-0.2, 0) is 23.7 Å². The van der Waals surface area contributed by atoms with Gasteiger partial charge in [0.15, 0.2) is 6.29 Å². The third-order valence-corrected chi connectivity index (χ3v) is 5.38. The third kappa shape index (κ3) is 3.95. The van der Waals surface area contributed by atoms with E-state index in [4.69, 9.17) is 15.5 Å². The van der Waals surface area contributed by atoms with Crippen LogP contribution in [0.4, 0.5) is 0 Å². The van der Waals surface area contributed by atoms with Crippen molar-refractivity contribution in [3.63, 3.8) is 0 Å². The zero-order chi connectivity index (χ0) is 15.6. The van der Waals surface area contributed by atoms with Gasteiger partial charge in [0, 0.05) is 4.47 Å². The molecule has 1 aromatic rings. The molecule has 0 heterocycles. The van der Waals surface area contributed by atoms with Crippen LogP contribution in [0.2, 0.25) is 0 Å². The monoisotopic (exact) mass is 387 g/mol. The second kappa shape index (κ2) is 6.02. The zero-order valence-corrected chi connectivity index (χ0v) is 13.1. The van der Waals surface area contributed by atoms with Crippen molar-refractivity contribution in [1.29, 1.82) is 0 Å². The van der Waals surface area contributed by atoms with Crippen LogP contribution >= 0.6 is 23.8 Å². The van der Waals surface area contributed by atoms with Crippen molar-refractivity contribution < 1.29 is 32.1 Å². The minimum Gasteiger partial charge on any atom is -0.304 e. The number of halogens is 1. The third-order valence-electron chi connectivity index (χ3n) is 2.28. The maximum Gasteiger partial charge on any atom is 0.469 e. The Labute approximate surface area is 123 Å². The van der Waals surface area contributed by atoms with Crippen LogP contribution in [0.1, 0.15) is 0 Å². The first-order chi connectivity index (χ1) is 9.02. The van der Waals surface area contributed by atoms with Crippen molar-refractivity contribution >= 4 is 39.9 Å². The number of sulfone groups is 1. The van der Waals surface area contributed by atoms with Gasteiger partial charge in [0.1, 0.15) is 0 Å². The Bertz CT molecular complexity index is 641. The number of hydrogen-bond acceptors (Lipinski definition) is 6. The smallest absolute Gasteiger partial charge is 0.304 e. The van der Waals surface area contributed by atoms with E-state index in [1.54, 1.807) is 0 Å². The summed E-state index contributed by atoms with van der Waals surface area (Å²) >= 11 is 3.11. The van der Waals surface area contributed by atoms with E-state index >= 15 is 0 Å². The van der Waals surface area contributed by atoms with Crippen LogP contribution in [0.5, 0.6) is 0 Å². The average molecular weight is 388 g/mol. The number of carbonyl (C=O) groups is 1. The van der Waals surface area contributed by atoms with Crippen LogP contribution in [0.15, 0.2) is 33.6 Å². The molecular weight excluding hydrogens is 377 g/mol. The number of hydrogen-bond donors (Lipinski definition) is 3. The van der Waals surface area contributed by atoms with Gasteiger partial charge in [-0.3, -0.25) is 4.52 Å². The minimum atomic E-state index is -4.96. The van der Waals surface area contributed by atoms with Crippen molar-refractivity contribution in [2.45, 2.75) is 9.77 Å². The summed E-state index contributed by atoms with van der Waals surface area (Å²) in [5.41, 5.74) is 5.42. The van der Waals surface area contributed by atoms with Crippen molar-refractivity contribution in [3.8, 4) is 0 Å². The van der Waals surface area contributed by atoms with Gasteiger partial charge in [-0.2, -0.15) is 0 Å². The molecule has 20 heavy (non-hydrogen) atoms. The first-order valence-corrected chi connectivity index (χ1v) is 8.78. The maximum absolute atomic E-state index is 12.2. The summed E-state index contributed by atoms with van der Waals surface area (Å²) < 4.78 is 39.7. The number of nitrogens with two attached hydrogens (primary N) is 1. The lowest BCUT2D eigenvalue weighted by Crippen LogP contribution is -2.53. The summed E-state index contributed by atoms with van der Waals surface area (Å²) in [5.74, 6) is 0. The molecule has 0 aliphatic carbocycles. The molecule has 1 rings (SSSR count). The lowest BCUT2D eigenvalue weighted by Gasteiger charge is -2.23. The molecule has 8 nitrogen and oxygen atoms in total. The molecule has 1 atom stereocenters. The van der Waals surface area contributed by atoms with Gasteiger partial charge in [0.05, 0.1) is 11.5 Å². The van der Waals surface area contributed by atoms with Crippen molar-refractivity contribution in [3.05, 3.63) is 28.7 Å². The molecule has 4 N–H and O–H groups in total. The summed E-state index contributed by atoms with van der Waals surface area (Å²) in [7, 11) is -9.32. The summed E-state index contributed by atoms with van der Waals surface area (Å²) in [4.78, 5) is 25.2. The van der Waals surface area contributed by atoms with Crippen LogP contribution in [0.25, 0.3) is 0 Å². The van der Waals surface area contributed by atoms with Crippen LogP contribution in [0, 0.1) is 0 Å². The highest BCUT2D eigenvalue weighted by atomic mass is 79.9. The van der Waals surface area contributed by atoms with Crippen molar-refractivity contribution in [2.75, 3.05) is 6.61 Å². The number of phosphoric ester groups is 1. The highest BCUT2D eigenvalue weighted by Crippen LogP contribution is 2.37. The highest BCUT2D eigenvalue weighted by Gasteiger charge is 2.43. The fraction of sp³-hybridized carbons (Fsp3) is 0.222. The number of phosphoric acid groups is 1. The number of benzene rings is 1. The Morgan fingerprint density at radius 3 is 2.25 bits per heavy atom. The van der Waals surface area contributed by atoms with Crippen molar-refractivity contribution in [1.82, 2.24) is 0 Å². The summed E-state index contributed by atoms with van der Waals surface area (Å²) in [5, 5.41) is 0. The minimum absolute atomic E-state index is 0.125. The van der Waals surface area contributed by atoms with Crippen LogP contribution < -0.4 is 5.73 Å². The van der Waals surface area contributed by atoms with Gasteiger partial charge in [-0.05, 0) is 24.3 Å². The van der Waals surface area contributed by atoms with Gasteiger partial charge >= 0.3 is 7.82 Å². The molecule has 0 fully saturated rings. The Balaban J connectivity index is 3.18. The second-order valence-corrected chi connectivity index (χ2v) is 8.19. The molecular formula is C9H11BrNO7PS. The molecule has 0 aromatic heterocycles. The molecule has 112 valence electrons. The van der Waals surface area contributed by atoms with E-state index in [1.165, 1.54) is 24.3 Å². The van der Waals surface area contributed by atoms with Gasteiger partial charge in [0.25, 0.3) is 0 Å².